The first-order valence-corrected chi connectivity index (χ1v) is 8.36. The SMILES string of the molecule is C1=C(c2ccn3ncnc3c2)c2ccc(CC3CCC3)nc2C1. The number of hydrogen-bond donors (Lipinski definition) is 0. The fourth-order valence-corrected chi connectivity index (χ4v) is 3.62. The van der Waals surface area contributed by atoms with Crippen LogP contribution in [0.1, 0.15) is 41.8 Å². The molecule has 2 aliphatic rings. The number of fused-ring (bicyclic) bond motifs is 2. The molecule has 3 aromatic rings. The molecule has 4 nitrogen and oxygen atoms in total. The molecule has 114 valence electrons. The monoisotopic (exact) mass is 302 g/mol. The predicted octanol–water partition coefficient (Wildman–Crippen LogP) is 3.45. The number of hydrogen-bond acceptors (Lipinski definition) is 3. The molecule has 0 spiro atoms. The molecule has 0 aromatic carbocycles. The molecule has 5 rings (SSSR count). The maximum Gasteiger partial charge on any atom is 0.155 e. The molecule has 1 saturated carbocycles. The van der Waals surface area contributed by atoms with Crippen LogP contribution >= 0.6 is 0 Å². The van der Waals surface area contributed by atoms with Gasteiger partial charge in [-0.1, -0.05) is 31.4 Å². The summed E-state index contributed by atoms with van der Waals surface area (Å²) in [5, 5.41) is 4.16. The van der Waals surface area contributed by atoms with Crippen LogP contribution < -0.4 is 0 Å². The molecular weight excluding hydrogens is 284 g/mol. The Morgan fingerprint density at radius 3 is 3.00 bits per heavy atom. The second-order valence-electron chi connectivity index (χ2n) is 6.60. The lowest BCUT2D eigenvalue weighted by Crippen LogP contribution is -2.14. The van der Waals surface area contributed by atoms with Gasteiger partial charge in [0.15, 0.2) is 5.65 Å². The van der Waals surface area contributed by atoms with E-state index in [-0.39, 0.29) is 0 Å². The minimum atomic E-state index is 0.865. The van der Waals surface area contributed by atoms with Gasteiger partial charge < -0.3 is 0 Å². The first kappa shape index (κ1) is 13.0. The van der Waals surface area contributed by atoms with Gasteiger partial charge in [0.25, 0.3) is 0 Å². The third-order valence-corrected chi connectivity index (χ3v) is 5.14. The summed E-state index contributed by atoms with van der Waals surface area (Å²) in [5.74, 6) is 0.865. The summed E-state index contributed by atoms with van der Waals surface area (Å²) in [6.07, 6.45) is 12.1. The maximum absolute atomic E-state index is 4.92. The Morgan fingerprint density at radius 2 is 2.13 bits per heavy atom. The number of pyridine rings is 2. The van der Waals surface area contributed by atoms with Crippen molar-refractivity contribution in [2.24, 2.45) is 5.92 Å². The van der Waals surface area contributed by atoms with Gasteiger partial charge in [-0.3, -0.25) is 4.98 Å². The average Bonchev–Trinajstić information content (AvgIpc) is 3.16. The van der Waals surface area contributed by atoms with E-state index in [1.807, 2.05) is 6.20 Å². The Hall–Kier alpha value is -2.49. The van der Waals surface area contributed by atoms with E-state index < -0.39 is 0 Å². The Balaban J connectivity index is 1.47. The molecule has 0 saturated heterocycles. The van der Waals surface area contributed by atoms with Crippen LogP contribution in [0.15, 0.2) is 42.9 Å². The van der Waals surface area contributed by atoms with Crippen LogP contribution in [0.4, 0.5) is 0 Å². The molecule has 4 heteroatoms. The zero-order chi connectivity index (χ0) is 15.2. The predicted molar refractivity (Wildman–Crippen MR) is 89.1 cm³/mol. The molecule has 0 unspecified atom stereocenters. The van der Waals surface area contributed by atoms with Gasteiger partial charge >= 0.3 is 0 Å². The Bertz CT molecular complexity index is 918. The van der Waals surface area contributed by atoms with Gasteiger partial charge in [-0.25, -0.2) is 9.50 Å². The summed E-state index contributed by atoms with van der Waals surface area (Å²) in [6, 6.07) is 8.66. The summed E-state index contributed by atoms with van der Waals surface area (Å²) in [5.41, 5.74) is 7.10. The van der Waals surface area contributed by atoms with Crippen LogP contribution in [0.3, 0.4) is 0 Å². The summed E-state index contributed by atoms with van der Waals surface area (Å²) in [6.45, 7) is 0. The first-order chi connectivity index (χ1) is 11.4. The molecule has 0 radical (unpaired) electrons. The molecule has 2 aliphatic carbocycles. The first-order valence-electron chi connectivity index (χ1n) is 8.36. The second kappa shape index (κ2) is 5.01. The Morgan fingerprint density at radius 1 is 1.17 bits per heavy atom. The van der Waals surface area contributed by atoms with Gasteiger partial charge in [-0.15, -0.1) is 0 Å². The molecule has 0 aliphatic heterocycles. The highest BCUT2D eigenvalue weighted by Crippen LogP contribution is 2.34. The van der Waals surface area contributed by atoms with Crippen molar-refractivity contribution in [3.63, 3.8) is 0 Å². The van der Waals surface area contributed by atoms with Crippen molar-refractivity contribution in [3.8, 4) is 0 Å². The van der Waals surface area contributed by atoms with Gasteiger partial charge in [0.1, 0.15) is 6.33 Å². The van der Waals surface area contributed by atoms with Gasteiger partial charge in [-0.05, 0) is 41.7 Å². The standard InChI is InChI=1S/C19H18N4/c1-2-13(3-1)10-15-4-5-17-16(6-7-18(17)22-15)14-8-9-23-19(11-14)20-12-21-23/h4-6,8-9,11-13H,1-3,7,10H2. The quantitative estimate of drug-likeness (QED) is 0.744. The van der Waals surface area contributed by atoms with E-state index in [0.717, 1.165) is 24.4 Å². The minimum Gasteiger partial charge on any atom is -0.257 e. The average molecular weight is 302 g/mol. The van der Waals surface area contributed by atoms with Crippen LogP contribution in [0.5, 0.6) is 0 Å². The smallest absolute Gasteiger partial charge is 0.155 e. The molecule has 0 N–H and O–H groups in total. The molecule has 0 atom stereocenters. The zero-order valence-electron chi connectivity index (χ0n) is 12.9. The summed E-state index contributed by atoms with van der Waals surface area (Å²) in [4.78, 5) is 9.20. The van der Waals surface area contributed by atoms with Crippen molar-refractivity contribution in [2.75, 3.05) is 0 Å². The van der Waals surface area contributed by atoms with Crippen LogP contribution in [0.25, 0.3) is 11.2 Å². The fourth-order valence-electron chi connectivity index (χ4n) is 3.62. The van der Waals surface area contributed by atoms with Crippen molar-refractivity contribution < 1.29 is 0 Å². The van der Waals surface area contributed by atoms with E-state index in [2.05, 4.69) is 40.4 Å². The van der Waals surface area contributed by atoms with E-state index in [1.54, 1.807) is 10.8 Å². The topological polar surface area (TPSA) is 43.1 Å². The van der Waals surface area contributed by atoms with Crippen LogP contribution in [-0.4, -0.2) is 19.6 Å². The molecule has 3 aromatic heterocycles. The molecule has 3 heterocycles. The van der Waals surface area contributed by atoms with Gasteiger partial charge in [0.05, 0.1) is 5.69 Å². The van der Waals surface area contributed by atoms with Crippen molar-refractivity contribution in [2.45, 2.75) is 32.1 Å². The van der Waals surface area contributed by atoms with Crippen LogP contribution in [0.2, 0.25) is 0 Å². The summed E-state index contributed by atoms with van der Waals surface area (Å²) < 4.78 is 1.79. The number of rotatable bonds is 3. The van der Waals surface area contributed by atoms with E-state index in [0.29, 0.717) is 0 Å². The number of allylic oxidation sites excluding steroid dienone is 1. The number of aromatic nitrogens is 4. The van der Waals surface area contributed by atoms with Gasteiger partial charge in [0.2, 0.25) is 0 Å². The van der Waals surface area contributed by atoms with Crippen molar-refractivity contribution in [1.82, 2.24) is 19.6 Å². The molecule has 1 fully saturated rings. The molecule has 23 heavy (non-hydrogen) atoms. The lowest BCUT2D eigenvalue weighted by molar-refractivity contribution is 0.312. The van der Waals surface area contributed by atoms with Gasteiger partial charge in [0, 0.05) is 23.9 Å². The third kappa shape index (κ3) is 2.17. The summed E-state index contributed by atoms with van der Waals surface area (Å²) >= 11 is 0. The van der Waals surface area contributed by atoms with Crippen molar-refractivity contribution in [1.29, 1.82) is 0 Å². The third-order valence-electron chi connectivity index (χ3n) is 5.14. The largest absolute Gasteiger partial charge is 0.257 e. The van der Waals surface area contributed by atoms with Crippen molar-refractivity contribution in [3.05, 3.63) is 65.4 Å². The molecule has 0 bridgehead atoms. The summed E-state index contributed by atoms with van der Waals surface area (Å²) in [7, 11) is 0. The Labute approximate surface area is 134 Å². The highest BCUT2D eigenvalue weighted by Gasteiger charge is 2.21. The molecule has 0 amide bonds. The van der Waals surface area contributed by atoms with Crippen molar-refractivity contribution >= 4 is 11.2 Å². The zero-order valence-corrected chi connectivity index (χ0v) is 12.9. The van der Waals surface area contributed by atoms with Gasteiger partial charge in [-0.2, -0.15) is 5.10 Å². The van der Waals surface area contributed by atoms with E-state index in [4.69, 9.17) is 4.98 Å². The molecular formula is C19H18N4. The maximum atomic E-state index is 4.92. The highest BCUT2D eigenvalue weighted by atomic mass is 15.3. The van der Waals surface area contributed by atoms with Crippen LogP contribution in [-0.2, 0) is 12.8 Å². The van der Waals surface area contributed by atoms with E-state index in [9.17, 15) is 0 Å². The lowest BCUT2D eigenvalue weighted by atomic mass is 9.82. The normalized spacial score (nSPS) is 17.1. The highest BCUT2D eigenvalue weighted by molar-refractivity contribution is 5.84. The lowest BCUT2D eigenvalue weighted by Gasteiger charge is -2.25. The fraction of sp³-hybridized carbons (Fsp3) is 0.316. The van der Waals surface area contributed by atoms with E-state index in [1.165, 1.54) is 47.4 Å². The second-order valence-corrected chi connectivity index (χ2v) is 6.60. The van der Waals surface area contributed by atoms with Crippen LogP contribution in [0, 0.1) is 5.92 Å². The number of nitrogens with zero attached hydrogens (tertiary/aromatic N) is 4. The Kier molecular flexibility index (Phi) is 2.83. The van der Waals surface area contributed by atoms with E-state index >= 15 is 0 Å². The minimum absolute atomic E-state index is 0.865.